The Labute approximate surface area is 295 Å². The highest BCUT2D eigenvalue weighted by Crippen LogP contribution is 2.39. The molecule has 0 bridgehead atoms. The van der Waals surface area contributed by atoms with Crippen LogP contribution in [0.1, 0.15) is 18.4 Å². The number of rotatable bonds is 19. The third kappa shape index (κ3) is 10.9. The zero-order chi connectivity index (χ0) is 34.5. The second kappa shape index (κ2) is 18.5. The molecule has 2 N–H and O–H groups in total. The van der Waals surface area contributed by atoms with Gasteiger partial charge in [-0.15, -0.1) is 11.3 Å². The molecule has 4 aromatic rings. The average molecular weight is 709 g/mol. The molecule has 2 amide bonds. The van der Waals surface area contributed by atoms with Crippen LogP contribution in [0.4, 0.5) is 14.9 Å². The number of anilines is 1. The van der Waals surface area contributed by atoms with Gasteiger partial charge in [0.1, 0.15) is 5.75 Å². The van der Waals surface area contributed by atoms with Gasteiger partial charge in [0.05, 0.1) is 67.0 Å². The van der Waals surface area contributed by atoms with Crippen LogP contribution >= 0.6 is 11.3 Å². The molecule has 2 aliphatic rings. The number of thiophene rings is 1. The number of methoxy groups -OCH3 is 1. The number of aromatic nitrogens is 2. The monoisotopic (exact) mass is 708 g/mol. The van der Waals surface area contributed by atoms with Crippen LogP contribution in [0.25, 0.3) is 20.8 Å². The lowest BCUT2D eigenvalue weighted by Crippen LogP contribution is -2.46. The third-order valence-electron chi connectivity index (χ3n) is 8.37. The number of nitrogens with zero attached hydrogens (tertiary/aromatic N) is 4. The number of hydrogen-bond acceptors (Lipinski definition) is 11. The molecule has 0 atom stereocenters. The summed E-state index contributed by atoms with van der Waals surface area (Å²) >= 11 is 1.50. The molecule has 14 heteroatoms. The average Bonchev–Trinajstić information content (AvgIpc) is 3.82. The number of fused-ring (bicyclic) bond motifs is 1. The van der Waals surface area contributed by atoms with Crippen LogP contribution in [-0.2, 0) is 25.5 Å². The van der Waals surface area contributed by atoms with E-state index >= 15 is 0 Å². The molecule has 3 aromatic heterocycles. The first-order valence-electron chi connectivity index (χ1n) is 17.1. The minimum absolute atomic E-state index is 0.0646. The number of pyridine rings is 2. The zero-order valence-corrected chi connectivity index (χ0v) is 29.2. The molecule has 0 radical (unpaired) electrons. The van der Waals surface area contributed by atoms with E-state index in [9.17, 15) is 9.18 Å². The molecule has 2 fully saturated rings. The van der Waals surface area contributed by atoms with E-state index in [4.69, 9.17) is 28.7 Å². The van der Waals surface area contributed by atoms with Gasteiger partial charge >= 0.3 is 6.03 Å². The van der Waals surface area contributed by atoms with Gasteiger partial charge < -0.3 is 34.3 Å². The molecule has 12 nitrogen and oxygen atoms in total. The van der Waals surface area contributed by atoms with Crippen LogP contribution in [0.15, 0.2) is 54.9 Å². The van der Waals surface area contributed by atoms with Crippen molar-refractivity contribution in [2.24, 2.45) is 0 Å². The number of hydrogen-bond donors (Lipinski definition) is 2. The zero-order valence-electron chi connectivity index (χ0n) is 28.4. The Morgan fingerprint density at radius 2 is 1.62 bits per heavy atom. The number of piperazine rings is 1. The van der Waals surface area contributed by atoms with Gasteiger partial charge in [0.2, 0.25) is 0 Å². The maximum atomic E-state index is 15.0. The molecule has 1 aliphatic carbocycles. The molecular formula is C36H45FN6O6S. The van der Waals surface area contributed by atoms with Crippen molar-refractivity contribution in [3.8, 4) is 22.1 Å². The minimum atomic E-state index is -0.572. The summed E-state index contributed by atoms with van der Waals surface area (Å²) in [4.78, 5) is 27.1. The maximum Gasteiger partial charge on any atom is 0.319 e. The van der Waals surface area contributed by atoms with E-state index in [1.807, 2.05) is 18.3 Å². The van der Waals surface area contributed by atoms with Gasteiger partial charge in [0.25, 0.3) is 0 Å². The molecule has 1 saturated heterocycles. The van der Waals surface area contributed by atoms with Gasteiger partial charge in [-0.1, -0.05) is 6.07 Å². The highest BCUT2D eigenvalue weighted by molar-refractivity contribution is 7.22. The van der Waals surface area contributed by atoms with Gasteiger partial charge in [-0.05, 0) is 42.7 Å². The predicted octanol–water partition coefficient (Wildman–Crippen LogP) is 5.39. The van der Waals surface area contributed by atoms with Crippen LogP contribution in [-0.4, -0.2) is 118 Å². The summed E-state index contributed by atoms with van der Waals surface area (Å²) in [7, 11) is 1.66. The van der Waals surface area contributed by atoms with Crippen molar-refractivity contribution in [2.45, 2.75) is 25.4 Å². The lowest BCUT2D eigenvalue weighted by atomic mass is 10.2. The molecule has 0 unspecified atom stereocenters. The number of urea groups is 1. The van der Waals surface area contributed by atoms with Crippen molar-refractivity contribution in [2.75, 3.05) is 91.4 Å². The van der Waals surface area contributed by atoms with Gasteiger partial charge in [-0.2, -0.15) is 0 Å². The Morgan fingerprint density at radius 1 is 0.880 bits per heavy atom. The Balaban J connectivity index is 0.930. The fourth-order valence-electron chi connectivity index (χ4n) is 5.45. The molecule has 0 spiro atoms. The van der Waals surface area contributed by atoms with Crippen molar-refractivity contribution in [3.05, 3.63) is 66.2 Å². The number of halogens is 1. The Morgan fingerprint density at radius 3 is 2.32 bits per heavy atom. The Bertz CT molecular complexity index is 1660. The van der Waals surface area contributed by atoms with E-state index in [0.29, 0.717) is 57.7 Å². The molecule has 50 heavy (non-hydrogen) atoms. The predicted molar refractivity (Wildman–Crippen MR) is 191 cm³/mol. The fourth-order valence-corrected chi connectivity index (χ4v) is 6.49. The van der Waals surface area contributed by atoms with Crippen LogP contribution in [0.5, 0.6) is 11.5 Å². The number of benzene rings is 1. The van der Waals surface area contributed by atoms with E-state index in [2.05, 4.69) is 31.5 Å². The summed E-state index contributed by atoms with van der Waals surface area (Å²) in [6.45, 7) is 9.94. The standard InChI is InChI=1S/C36H45FN6O6S/c1-45-16-17-47-20-21-48-19-18-46-15-14-42-10-12-43(13-11-42)25-26-2-6-30(39-24-26)34-23-31-35(50-34)33(8-9-38-31)49-32-7-5-28(22-29(32)37)41-36(44)40-27-3-4-27/h2,5-9,22-24,27H,3-4,10-21,25H2,1H3,(H2,40,41,44). The minimum Gasteiger partial charge on any atom is -0.453 e. The van der Waals surface area contributed by atoms with Crippen LogP contribution in [0.3, 0.4) is 0 Å². The number of carbonyl (C=O) groups is 1. The summed E-state index contributed by atoms with van der Waals surface area (Å²) in [6.07, 6.45) is 5.54. The quantitative estimate of drug-likeness (QED) is 0.123. The highest BCUT2D eigenvalue weighted by Gasteiger charge is 2.23. The summed E-state index contributed by atoms with van der Waals surface area (Å²) in [5, 5.41) is 5.49. The van der Waals surface area contributed by atoms with Crippen molar-refractivity contribution < 1.29 is 32.9 Å². The topological polar surface area (TPSA) is 120 Å². The van der Waals surface area contributed by atoms with Crippen LogP contribution < -0.4 is 15.4 Å². The normalized spacial score (nSPS) is 15.4. The summed E-state index contributed by atoms with van der Waals surface area (Å²) < 4.78 is 43.3. The summed E-state index contributed by atoms with van der Waals surface area (Å²) in [5.74, 6) is -0.00343. The second-order valence-corrected chi connectivity index (χ2v) is 13.3. The van der Waals surface area contributed by atoms with E-state index in [0.717, 1.165) is 78.5 Å². The number of amides is 2. The Hall–Kier alpha value is -3.76. The molecule has 6 rings (SSSR count). The number of nitrogens with one attached hydrogen (secondary N) is 2. The molecule has 1 saturated carbocycles. The molecule has 1 aliphatic heterocycles. The SMILES string of the molecule is COCCOCCOCCOCCN1CCN(Cc2ccc(-c3cc4nccc(Oc5ccc(NC(=O)NC6CC6)cc5F)c4s3)nc2)CC1. The lowest BCUT2D eigenvalue weighted by molar-refractivity contribution is -0.000760. The molecule has 268 valence electrons. The lowest BCUT2D eigenvalue weighted by Gasteiger charge is -2.34. The second-order valence-electron chi connectivity index (χ2n) is 12.3. The summed E-state index contributed by atoms with van der Waals surface area (Å²) in [6, 6.07) is 12.1. The smallest absolute Gasteiger partial charge is 0.319 e. The van der Waals surface area contributed by atoms with Crippen molar-refractivity contribution >= 4 is 33.3 Å². The van der Waals surface area contributed by atoms with E-state index < -0.39 is 5.82 Å². The molecule has 1 aromatic carbocycles. The molecule has 4 heterocycles. The largest absolute Gasteiger partial charge is 0.453 e. The van der Waals surface area contributed by atoms with Crippen molar-refractivity contribution in [1.82, 2.24) is 25.1 Å². The third-order valence-corrected chi connectivity index (χ3v) is 9.54. The first kappa shape index (κ1) is 36.0. The first-order valence-corrected chi connectivity index (χ1v) is 17.9. The van der Waals surface area contributed by atoms with Gasteiger partial charge in [0, 0.05) is 82.6 Å². The summed E-state index contributed by atoms with van der Waals surface area (Å²) in [5.41, 5.74) is 3.12. The van der Waals surface area contributed by atoms with E-state index in [1.165, 1.54) is 23.5 Å². The van der Waals surface area contributed by atoms with Gasteiger partial charge in [0.15, 0.2) is 11.6 Å². The maximum absolute atomic E-state index is 15.0. The van der Waals surface area contributed by atoms with E-state index in [-0.39, 0.29) is 17.8 Å². The van der Waals surface area contributed by atoms with Crippen molar-refractivity contribution in [1.29, 1.82) is 0 Å². The van der Waals surface area contributed by atoms with Crippen molar-refractivity contribution in [3.63, 3.8) is 0 Å². The van der Waals surface area contributed by atoms with Crippen LogP contribution in [0, 0.1) is 5.82 Å². The first-order chi connectivity index (χ1) is 24.5. The van der Waals surface area contributed by atoms with E-state index in [1.54, 1.807) is 25.4 Å². The fraction of sp³-hybridized carbons (Fsp3) is 0.472. The Kier molecular flexibility index (Phi) is 13.3. The highest BCUT2D eigenvalue weighted by atomic mass is 32.1. The molecular weight excluding hydrogens is 663 g/mol. The number of ether oxygens (including phenoxy) is 5. The van der Waals surface area contributed by atoms with Gasteiger partial charge in [-0.3, -0.25) is 19.8 Å². The van der Waals surface area contributed by atoms with Crippen LogP contribution in [0.2, 0.25) is 0 Å². The van der Waals surface area contributed by atoms with Gasteiger partial charge in [-0.25, -0.2) is 9.18 Å². The number of carbonyl (C=O) groups excluding carboxylic acids is 1.